The van der Waals surface area contributed by atoms with Crippen molar-refractivity contribution in [2.45, 2.75) is 59.3 Å². The molecule has 0 saturated carbocycles. The van der Waals surface area contributed by atoms with Gasteiger partial charge in [-0.1, -0.05) is 29.8 Å². The molecule has 2 aromatic carbocycles. The molecule has 0 aliphatic carbocycles. The van der Waals surface area contributed by atoms with Gasteiger partial charge in [-0.15, -0.1) is 0 Å². The molecule has 1 aliphatic heterocycles. The van der Waals surface area contributed by atoms with Crippen molar-refractivity contribution in [1.29, 1.82) is 0 Å². The third kappa shape index (κ3) is 5.25. The molecule has 8 nitrogen and oxygen atoms in total. The number of nitrogens with zero attached hydrogens (tertiary/aromatic N) is 6. The van der Waals surface area contributed by atoms with Crippen LogP contribution >= 0.6 is 15.9 Å². The van der Waals surface area contributed by atoms with Gasteiger partial charge in [0.25, 0.3) is 11.5 Å². The Morgan fingerprint density at radius 2 is 1.77 bits per heavy atom. The van der Waals surface area contributed by atoms with E-state index in [9.17, 15) is 22.8 Å². The molecule has 0 spiro atoms. The molecule has 0 unspecified atom stereocenters. The fourth-order valence-corrected chi connectivity index (χ4v) is 6.30. The lowest BCUT2D eigenvalue weighted by molar-refractivity contribution is -0.138. The van der Waals surface area contributed by atoms with E-state index >= 15 is 0 Å². The number of rotatable bonds is 5. The molecule has 3 aromatic heterocycles. The van der Waals surface area contributed by atoms with Gasteiger partial charge in [-0.3, -0.25) is 14.2 Å². The second kappa shape index (κ2) is 11.1. The quantitative estimate of drug-likeness (QED) is 0.213. The summed E-state index contributed by atoms with van der Waals surface area (Å²) < 4.78 is 45.8. The van der Waals surface area contributed by atoms with Gasteiger partial charge in [-0.2, -0.15) is 23.4 Å². The van der Waals surface area contributed by atoms with E-state index in [1.807, 2.05) is 37.4 Å². The van der Waals surface area contributed by atoms with Crippen LogP contribution in [0.15, 0.2) is 70.3 Å². The van der Waals surface area contributed by atoms with Crippen LogP contribution in [0, 0.1) is 12.8 Å². The van der Waals surface area contributed by atoms with Crippen molar-refractivity contribution in [3.05, 3.63) is 109 Å². The van der Waals surface area contributed by atoms with Crippen LogP contribution in [-0.4, -0.2) is 40.8 Å². The maximum atomic E-state index is 14.3. The third-order valence-corrected chi connectivity index (χ3v) is 8.63. The Morgan fingerprint density at radius 3 is 2.41 bits per heavy atom. The lowest BCUT2D eigenvalue weighted by atomic mass is 9.97. The maximum absolute atomic E-state index is 14.3. The number of aromatic nitrogens is 5. The maximum Gasteiger partial charge on any atom is 0.417 e. The molecule has 1 amide bonds. The average Bonchev–Trinajstić information content (AvgIpc) is 3.59. The standard InChI is InChI=1S/C32H30BrF3N6O2/c1-18(2)11-22-15-38-42-28-17-39(30(43)21-5-10-27(33)26(13-21)32(34,35)36)20(4)12-25(28)31(44)41(29(22)42)24-8-6-23(7-9-24)40-16-19(3)14-37-40/h5-10,13-16,18,20H,11-12,17H2,1-4H3/t20-/m0/s1. The highest BCUT2D eigenvalue weighted by molar-refractivity contribution is 9.10. The van der Waals surface area contributed by atoms with Crippen LogP contribution in [-0.2, 0) is 25.6 Å². The first-order chi connectivity index (χ1) is 20.8. The van der Waals surface area contributed by atoms with Gasteiger partial charge in [0, 0.05) is 33.4 Å². The topological polar surface area (TPSA) is 77.4 Å². The fraction of sp³-hybridized carbons (Fsp3) is 0.312. The number of alkyl halides is 3. The molecule has 12 heteroatoms. The second-order valence-electron chi connectivity index (χ2n) is 11.7. The van der Waals surface area contributed by atoms with Crippen molar-refractivity contribution < 1.29 is 18.0 Å². The van der Waals surface area contributed by atoms with Crippen LogP contribution in [0.1, 0.15) is 59.1 Å². The highest BCUT2D eigenvalue weighted by Gasteiger charge is 2.36. The zero-order chi connectivity index (χ0) is 31.5. The molecule has 1 atom stereocenters. The molecule has 0 bridgehead atoms. The first kappa shape index (κ1) is 29.9. The van der Waals surface area contributed by atoms with E-state index in [1.165, 1.54) is 17.0 Å². The van der Waals surface area contributed by atoms with Crippen LogP contribution in [0.3, 0.4) is 0 Å². The average molecular weight is 668 g/mol. The summed E-state index contributed by atoms with van der Waals surface area (Å²) in [5, 5.41) is 9.05. The highest BCUT2D eigenvalue weighted by atomic mass is 79.9. The number of carbonyl (C=O) groups is 1. The Bertz CT molecular complexity index is 1960. The number of benzene rings is 2. The molecule has 1 aliphatic rings. The molecule has 0 N–H and O–H groups in total. The predicted molar refractivity (Wildman–Crippen MR) is 163 cm³/mol. The molecule has 0 radical (unpaired) electrons. The van der Waals surface area contributed by atoms with Crippen molar-refractivity contribution in [3.8, 4) is 11.4 Å². The first-order valence-corrected chi connectivity index (χ1v) is 15.1. The number of hydrogen-bond acceptors (Lipinski definition) is 4. The number of aryl methyl sites for hydroxylation is 1. The minimum Gasteiger partial charge on any atom is -0.330 e. The number of hydrogen-bond donors (Lipinski definition) is 0. The minimum atomic E-state index is -4.62. The van der Waals surface area contributed by atoms with Gasteiger partial charge in [0.05, 0.1) is 41.6 Å². The van der Waals surface area contributed by atoms with Crippen molar-refractivity contribution in [2.75, 3.05) is 0 Å². The Kier molecular flexibility index (Phi) is 7.51. The van der Waals surface area contributed by atoms with E-state index in [4.69, 9.17) is 0 Å². The van der Waals surface area contributed by atoms with Crippen molar-refractivity contribution in [1.82, 2.24) is 28.9 Å². The smallest absolute Gasteiger partial charge is 0.330 e. The van der Waals surface area contributed by atoms with Gasteiger partial charge >= 0.3 is 6.18 Å². The van der Waals surface area contributed by atoms with Gasteiger partial charge in [-0.25, -0.2) is 9.20 Å². The van der Waals surface area contributed by atoms with E-state index in [-0.39, 0.29) is 34.5 Å². The van der Waals surface area contributed by atoms with Crippen molar-refractivity contribution >= 4 is 27.5 Å². The van der Waals surface area contributed by atoms with Gasteiger partial charge in [-0.05, 0) is 80.6 Å². The predicted octanol–water partition coefficient (Wildman–Crippen LogP) is 6.55. The van der Waals surface area contributed by atoms with Crippen LogP contribution in [0.25, 0.3) is 17.0 Å². The van der Waals surface area contributed by atoms with Gasteiger partial charge < -0.3 is 4.90 Å². The fourth-order valence-electron chi connectivity index (χ4n) is 5.83. The molecular weight excluding hydrogens is 637 g/mol. The van der Waals surface area contributed by atoms with Gasteiger partial charge in [0.2, 0.25) is 0 Å². The summed E-state index contributed by atoms with van der Waals surface area (Å²) in [5.41, 5.74) is 3.91. The lowest BCUT2D eigenvalue weighted by Crippen LogP contribution is -2.46. The lowest BCUT2D eigenvalue weighted by Gasteiger charge is -2.35. The van der Waals surface area contributed by atoms with Gasteiger partial charge in [0.15, 0.2) is 0 Å². The van der Waals surface area contributed by atoms with E-state index in [0.29, 0.717) is 29.0 Å². The Balaban J connectivity index is 1.46. The number of halogens is 4. The molecule has 4 heterocycles. The van der Waals surface area contributed by atoms with Crippen molar-refractivity contribution in [2.24, 2.45) is 5.92 Å². The van der Waals surface area contributed by atoms with Crippen LogP contribution in [0.2, 0.25) is 0 Å². The minimum absolute atomic E-state index is 0.0275. The van der Waals surface area contributed by atoms with Crippen LogP contribution in [0.5, 0.6) is 0 Å². The summed E-state index contributed by atoms with van der Waals surface area (Å²) in [5.74, 6) is -0.260. The molecule has 0 fully saturated rings. The summed E-state index contributed by atoms with van der Waals surface area (Å²) in [4.78, 5) is 29.4. The second-order valence-corrected chi connectivity index (χ2v) is 12.6. The summed E-state index contributed by atoms with van der Waals surface area (Å²) >= 11 is 2.94. The number of amides is 1. The van der Waals surface area contributed by atoms with Crippen molar-refractivity contribution in [3.63, 3.8) is 0 Å². The molecular formula is C32H30BrF3N6O2. The third-order valence-electron chi connectivity index (χ3n) is 7.94. The first-order valence-electron chi connectivity index (χ1n) is 14.3. The molecule has 44 heavy (non-hydrogen) atoms. The highest BCUT2D eigenvalue weighted by Crippen LogP contribution is 2.36. The molecule has 0 saturated heterocycles. The largest absolute Gasteiger partial charge is 0.417 e. The summed E-state index contributed by atoms with van der Waals surface area (Å²) in [6.45, 7) is 7.96. The monoisotopic (exact) mass is 666 g/mol. The Morgan fingerprint density at radius 1 is 1.07 bits per heavy atom. The number of fused-ring (bicyclic) bond motifs is 3. The van der Waals surface area contributed by atoms with Crippen LogP contribution in [0.4, 0.5) is 13.2 Å². The summed E-state index contributed by atoms with van der Waals surface area (Å²) in [6, 6.07) is 10.6. The Labute approximate surface area is 259 Å². The van der Waals surface area contributed by atoms with E-state index < -0.39 is 23.7 Å². The molecule has 5 aromatic rings. The van der Waals surface area contributed by atoms with E-state index in [2.05, 4.69) is 40.0 Å². The molecule has 228 valence electrons. The SMILES string of the molecule is Cc1cnn(-c2ccc(-n3c(=O)c4c(n5ncc(CC(C)C)c35)CN(C(=O)c3ccc(Br)c(C(F)(F)F)c3)[C@@H](C)C4)cc2)c1. The normalized spacial score (nSPS) is 15.3. The molecule has 6 rings (SSSR count). The number of carbonyl (C=O) groups excluding carboxylic acids is 1. The van der Waals surface area contributed by atoms with E-state index in [1.54, 1.807) is 33.1 Å². The summed E-state index contributed by atoms with van der Waals surface area (Å²) in [6.07, 6.45) is 1.72. The zero-order valence-electron chi connectivity index (χ0n) is 24.6. The Hall–Kier alpha value is -4.19. The van der Waals surface area contributed by atoms with Gasteiger partial charge in [0.1, 0.15) is 5.65 Å². The zero-order valence-corrected chi connectivity index (χ0v) is 26.1. The summed E-state index contributed by atoms with van der Waals surface area (Å²) in [7, 11) is 0. The van der Waals surface area contributed by atoms with Crippen LogP contribution < -0.4 is 5.56 Å². The van der Waals surface area contributed by atoms with E-state index in [0.717, 1.165) is 22.9 Å².